The highest BCUT2D eigenvalue weighted by atomic mass is 16.3. The third-order valence-electron chi connectivity index (χ3n) is 9.46. The predicted molar refractivity (Wildman–Crippen MR) is 203 cm³/mol. The highest BCUT2D eigenvalue weighted by molar-refractivity contribution is 6.28. The molecule has 0 fully saturated rings. The molecule has 4 heterocycles. The number of nitrogens with one attached hydrogen (secondary N) is 1. The molecule has 236 valence electrons. The van der Waals surface area contributed by atoms with E-state index in [1.165, 1.54) is 0 Å². The van der Waals surface area contributed by atoms with E-state index in [9.17, 15) is 0 Å². The first-order valence-corrected chi connectivity index (χ1v) is 16.7. The second-order valence-corrected chi connectivity index (χ2v) is 12.5. The zero-order valence-corrected chi connectivity index (χ0v) is 26.9. The van der Waals surface area contributed by atoms with Gasteiger partial charge in [0, 0.05) is 38.5 Å². The van der Waals surface area contributed by atoms with Crippen LogP contribution in [0.2, 0.25) is 0 Å². The molecule has 0 saturated heterocycles. The Labute approximate surface area is 287 Å². The van der Waals surface area contributed by atoms with Crippen LogP contribution in [-0.4, -0.2) is 21.2 Å². The van der Waals surface area contributed by atoms with Gasteiger partial charge >= 0.3 is 0 Å². The molecule has 6 heteroatoms. The molecule has 0 radical (unpaired) electrons. The van der Waals surface area contributed by atoms with Gasteiger partial charge in [0.25, 0.3) is 0 Å². The maximum Gasteiger partial charge on any atom is 0.213 e. The van der Waals surface area contributed by atoms with Crippen molar-refractivity contribution in [1.82, 2.24) is 14.9 Å². The minimum absolute atomic E-state index is 0.260. The maximum atomic E-state index is 6.94. The van der Waals surface area contributed by atoms with Crippen molar-refractivity contribution in [3.05, 3.63) is 180 Å². The lowest BCUT2D eigenvalue weighted by Gasteiger charge is -2.23. The number of amidine groups is 2. The van der Waals surface area contributed by atoms with E-state index < -0.39 is 0 Å². The zero-order valence-electron chi connectivity index (χ0n) is 26.9. The summed E-state index contributed by atoms with van der Waals surface area (Å²) in [4.78, 5) is 15.2. The molecule has 6 nitrogen and oxygen atoms in total. The van der Waals surface area contributed by atoms with E-state index in [1.807, 2.05) is 60.7 Å². The van der Waals surface area contributed by atoms with Gasteiger partial charge in [0.05, 0.1) is 16.4 Å². The molecule has 0 bridgehead atoms. The number of aromatic nitrogens is 2. The zero-order chi connectivity index (χ0) is 33.0. The summed E-state index contributed by atoms with van der Waals surface area (Å²) in [7, 11) is 0. The summed E-state index contributed by atoms with van der Waals surface area (Å²) >= 11 is 0. The second-order valence-electron chi connectivity index (χ2n) is 12.5. The van der Waals surface area contributed by atoms with Gasteiger partial charge in [0.15, 0.2) is 11.4 Å². The smallest absolute Gasteiger partial charge is 0.213 e. The van der Waals surface area contributed by atoms with E-state index in [1.54, 1.807) is 0 Å². The van der Waals surface area contributed by atoms with Gasteiger partial charge in [0.1, 0.15) is 17.7 Å². The first-order chi connectivity index (χ1) is 24.8. The Morgan fingerprint density at radius 2 is 1.20 bits per heavy atom. The first kappa shape index (κ1) is 28.2. The minimum Gasteiger partial charge on any atom is -0.437 e. The van der Waals surface area contributed by atoms with Crippen molar-refractivity contribution in [2.75, 3.05) is 0 Å². The van der Waals surface area contributed by atoms with Crippen LogP contribution in [-0.2, 0) is 0 Å². The van der Waals surface area contributed by atoms with Crippen LogP contribution in [0, 0.1) is 0 Å². The van der Waals surface area contributed by atoms with Gasteiger partial charge in [0.2, 0.25) is 5.71 Å². The number of hydrogen-bond acceptors (Lipinski definition) is 5. The number of pyridine rings is 1. The highest BCUT2D eigenvalue weighted by Gasteiger charge is 2.25. The molecule has 1 unspecified atom stereocenters. The van der Waals surface area contributed by atoms with Crippen LogP contribution >= 0.6 is 0 Å². The molecular weight excluding hydrogens is 615 g/mol. The van der Waals surface area contributed by atoms with Gasteiger partial charge in [-0.25, -0.2) is 15.0 Å². The number of aliphatic imine (C=N–C) groups is 2. The average Bonchev–Trinajstić information content (AvgIpc) is 3.74. The van der Waals surface area contributed by atoms with E-state index in [0.717, 1.165) is 83.3 Å². The summed E-state index contributed by atoms with van der Waals surface area (Å²) in [6.45, 7) is 0. The number of hydrogen-bond donors (Lipinski definition) is 1. The lowest BCUT2D eigenvalue weighted by molar-refractivity contribution is 0.645. The number of nitrogens with zero attached hydrogens (tertiary/aromatic N) is 4. The van der Waals surface area contributed by atoms with Crippen LogP contribution in [0.25, 0.3) is 60.8 Å². The summed E-state index contributed by atoms with van der Waals surface area (Å²) in [5.74, 6) is 1.48. The molecule has 9 aromatic rings. The highest BCUT2D eigenvalue weighted by Crippen LogP contribution is 2.44. The fourth-order valence-corrected chi connectivity index (χ4v) is 7.13. The molecular formula is C44H29N5O. The van der Waals surface area contributed by atoms with Crippen LogP contribution < -0.4 is 5.32 Å². The average molecular weight is 644 g/mol. The van der Waals surface area contributed by atoms with Gasteiger partial charge in [-0.2, -0.15) is 0 Å². The van der Waals surface area contributed by atoms with Crippen molar-refractivity contribution in [1.29, 1.82) is 0 Å². The predicted octanol–water partition coefficient (Wildman–Crippen LogP) is 10.2. The van der Waals surface area contributed by atoms with Crippen molar-refractivity contribution in [2.45, 2.75) is 6.17 Å². The fourth-order valence-electron chi connectivity index (χ4n) is 7.13. The minimum atomic E-state index is -0.260. The monoisotopic (exact) mass is 643 g/mol. The normalized spacial score (nSPS) is 14.6. The Kier molecular flexibility index (Phi) is 6.45. The first-order valence-electron chi connectivity index (χ1n) is 16.7. The third kappa shape index (κ3) is 4.54. The Hall–Kier alpha value is -6.79. The number of fused-ring (bicyclic) bond motifs is 7. The Morgan fingerprint density at radius 1 is 0.560 bits per heavy atom. The summed E-state index contributed by atoms with van der Waals surface area (Å²) in [5.41, 5.74) is 9.46. The number of benzene rings is 6. The molecule has 1 atom stereocenters. The molecule has 10 rings (SSSR count). The topological polar surface area (TPSA) is 67.7 Å². The maximum absolute atomic E-state index is 6.94. The van der Waals surface area contributed by atoms with Crippen LogP contribution in [0.15, 0.2) is 178 Å². The Morgan fingerprint density at radius 3 is 1.96 bits per heavy atom. The van der Waals surface area contributed by atoms with Crippen LogP contribution in [0.4, 0.5) is 0 Å². The molecule has 50 heavy (non-hydrogen) atoms. The number of furan rings is 1. The Balaban J connectivity index is 1.16. The molecule has 0 aliphatic carbocycles. The van der Waals surface area contributed by atoms with Crippen molar-refractivity contribution >= 4 is 55.5 Å². The molecule has 0 amide bonds. The van der Waals surface area contributed by atoms with Gasteiger partial charge in [-0.15, -0.1) is 0 Å². The quantitative estimate of drug-likeness (QED) is 0.203. The van der Waals surface area contributed by atoms with Gasteiger partial charge in [-0.1, -0.05) is 127 Å². The molecule has 0 saturated carbocycles. The van der Waals surface area contributed by atoms with E-state index in [4.69, 9.17) is 19.4 Å². The number of rotatable bonds is 5. The van der Waals surface area contributed by atoms with E-state index in [0.29, 0.717) is 5.84 Å². The van der Waals surface area contributed by atoms with Crippen molar-refractivity contribution in [2.24, 2.45) is 9.98 Å². The SMILES string of the molecule is c1ccc(C2=NC(c3ccc(-n4c5ccccc5c5c6c(oc54)c(-c4ccccc4)nc4ccccc46)cc3)=NC(c3ccccc3)N2)cc1. The lowest BCUT2D eigenvalue weighted by Crippen LogP contribution is -2.33. The Bertz CT molecular complexity index is 2760. The molecule has 1 aliphatic rings. The van der Waals surface area contributed by atoms with E-state index in [2.05, 4.69) is 113 Å². The molecule has 1 N–H and O–H groups in total. The summed E-state index contributed by atoms with van der Waals surface area (Å²) in [5, 5.41) is 7.91. The van der Waals surface area contributed by atoms with Gasteiger partial charge < -0.3 is 9.73 Å². The largest absolute Gasteiger partial charge is 0.437 e. The van der Waals surface area contributed by atoms with Gasteiger partial charge in [-0.3, -0.25) is 4.57 Å². The van der Waals surface area contributed by atoms with Crippen LogP contribution in [0.3, 0.4) is 0 Å². The van der Waals surface area contributed by atoms with Crippen molar-refractivity contribution in [3.8, 4) is 16.9 Å². The van der Waals surface area contributed by atoms with Crippen molar-refractivity contribution in [3.63, 3.8) is 0 Å². The molecule has 3 aromatic heterocycles. The standard InChI is InChI=1S/C44H29N5O/c1-4-14-28(15-5-1)39-40-37(33-20-10-12-22-35(33)45-39)38-34-21-11-13-23-36(34)49(44(38)50-40)32-26-24-31(25-27-32)43-47-41(29-16-6-2-7-17-29)46-42(48-43)30-18-8-3-9-19-30/h1-27,41H,(H,46,47,48). The van der Waals surface area contributed by atoms with Gasteiger partial charge in [-0.05, 0) is 42.0 Å². The second kappa shape index (κ2) is 11.4. The van der Waals surface area contributed by atoms with Crippen LogP contribution in [0.1, 0.15) is 22.9 Å². The van der Waals surface area contributed by atoms with Crippen LogP contribution in [0.5, 0.6) is 0 Å². The molecule has 0 spiro atoms. The third-order valence-corrected chi connectivity index (χ3v) is 9.46. The lowest BCUT2D eigenvalue weighted by atomic mass is 10.0. The van der Waals surface area contributed by atoms with E-state index in [-0.39, 0.29) is 6.17 Å². The molecule has 6 aromatic carbocycles. The number of para-hydroxylation sites is 2. The van der Waals surface area contributed by atoms with Crippen molar-refractivity contribution < 1.29 is 4.42 Å². The summed E-state index contributed by atoms with van der Waals surface area (Å²) < 4.78 is 9.15. The summed E-state index contributed by atoms with van der Waals surface area (Å²) in [6, 6.07) is 56.1. The summed E-state index contributed by atoms with van der Waals surface area (Å²) in [6.07, 6.45) is -0.260. The molecule has 1 aliphatic heterocycles. The fraction of sp³-hybridized carbons (Fsp3) is 0.0227. The van der Waals surface area contributed by atoms with E-state index >= 15 is 0 Å².